The Kier molecular flexibility index (Phi) is 7.01. The zero-order valence-electron chi connectivity index (χ0n) is 14.7. The predicted molar refractivity (Wildman–Crippen MR) is 99.0 cm³/mol. The van der Waals surface area contributed by atoms with Crippen LogP contribution in [-0.2, 0) is 4.79 Å². The van der Waals surface area contributed by atoms with E-state index in [4.69, 9.17) is 4.74 Å². The topological polar surface area (TPSA) is 67.4 Å². The molecule has 0 atom stereocenters. The zero-order chi connectivity index (χ0) is 18.1. The molecule has 2 aromatic rings. The molecule has 0 fully saturated rings. The molecule has 0 saturated heterocycles. The normalized spacial score (nSPS) is 10.2. The quantitative estimate of drug-likeness (QED) is 0.722. The molecule has 0 aliphatic rings. The average molecular weight is 340 g/mol. The van der Waals surface area contributed by atoms with Gasteiger partial charge in [0.1, 0.15) is 5.75 Å². The van der Waals surface area contributed by atoms with E-state index in [-0.39, 0.29) is 11.8 Å². The fraction of sp³-hybridized carbons (Fsp3) is 0.300. The fourth-order valence-corrected chi connectivity index (χ4v) is 2.43. The largest absolute Gasteiger partial charge is 0.493 e. The molecule has 132 valence electrons. The van der Waals surface area contributed by atoms with Crippen LogP contribution in [0.4, 0.5) is 5.69 Å². The number of carbonyl (C=O) groups is 2. The summed E-state index contributed by atoms with van der Waals surface area (Å²) in [5.41, 5.74) is 2.39. The molecule has 2 N–H and O–H groups in total. The van der Waals surface area contributed by atoms with Crippen molar-refractivity contribution in [3.63, 3.8) is 0 Å². The molecular formula is C20H24N2O3. The second kappa shape index (κ2) is 9.47. The molecule has 5 heteroatoms. The van der Waals surface area contributed by atoms with Crippen LogP contribution in [0.3, 0.4) is 0 Å². The summed E-state index contributed by atoms with van der Waals surface area (Å²) >= 11 is 0. The van der Waals surface area contributed by atoms with Gasteiger partial charge in [-0.05, 0) is 50.1 Å². The van der Waals surface area contributed by atoms with Gasteiger partial charge in [0.05, 0.1) is 12.2 Å². The van der Waals surface area contributed by atoms with Gasteiger partial charge in [-0.2, -0.15) is 0 Å². The first-order valence-electron chi connectivity index (χ1n) is 8.46. The maximum absolute atomic E-state index is 12.2. The third kappa shape index (κ3) is 5.95. The Morgan fingerprint density at radius 1 is 1.08 bits per heavy atom. The minimum atomic E-state index is -0.192. The number of hydrogen-bond donors (Lipinski definition) is 2. The van der Waals surface area contributed by atoms with E-state index in [1.54, 1.807) is 18.2 Å². The smallest absolute Gasteiger partial charge is 0.255 e. The Labute approximate surface area is 148 Å². The van der Waals surface area contributed by atoms with Crippen molar-refractivity contribution in [1.29, 1.82) is 0 Å². The van der Waals surface area contributed by atoms with Crippen molar-refractivity contribution in [2.45, 2.75) is 26.7 Å². The molecule has 2 amide bonds. The van der Waals surface area contributed by atoms with E-state index in [1.165, 1.54) is 0 Å². The molecule has 0 heterocycles. The van der Waals surface area contributed by atoms with Gasteiger partial charge >= 0.3 is 0 Å². The van der Waals surface area contributed by atoms with E-state index in [1.807, 2.05) is 44.2 Å². The Balaban J connectivity index is 1.75. The Morgan fingerprint density at radius 3 is 2.64 bits per heavy atom. The molecular weight excluding hydrogens is 316 g/mol. The maximum Gasteiger partial charge on any atom is 0.255 e. The zero-order valence-corrected chi connectivity index (χ0v) is 14.7. The Bertz CT molecular complexity index is 728. The number of aryl methyl sites for hydroxylation is 1. The van der Waals surface area contributed by atoms with Crippen LogP contribution in [0, 0.1) is 6.92 Å². The van der Waals surface area contributed by atoms with E-state index in [0.717, 1.165) is 11.3 Å². The number of anilines is 1. The lowest BCUT2D eigenvalue weighted by atomic mass is 10.2. The first-order valence-corrected chi connectivity index (χ1v) is 8.46. The van der Waals surface area contributed by atoms with Gasteiger partial charge < -0.3 is 15.4 Å². The van der Waals surface area contributed by atoms with Crippen molar-refractivity contribution in [2.75, 3.05) is 18.5 Å². The van der Waals surface area contributed by atoms with Crippen LogP contribution in [0.1, 0.15) is 35.7 Å². The van der Waals surface area contributed by atoms with Crippen LogP contribution in [0.25, 0.3) is 0 Å². The number of rotatable bonds is 8. The highest BCUT2D eigenvalue weighted by Gasteiger charge is 2.11. The Morgan fingerprint density at radius 2 is 1.88 bits per heavy atom. The van der Waals surface area contributed by atoms with Gasteiger partial charge in [-0.25, -0.2) is 0 Å². The van der Waals surface area contributed by atoms with E-state index in [2.05, 4.69) is 10.6 Å². The van der Waals surface area contributed by atoms with Crippen LogP contribution in [0.5, 0.6) is 5.75 Å². The van der Waals surface area contributed by atoms with Gasteiger partial charge in [-0.15, -0.1) is 0 Å². The van der Waals surface area contributed by atoms with Gasteiger partial charge in [0.2, 0.25) is 5.91 Å². The first-order chi connectivity index (χ1) is 12.1. The third-order valence-electron chi connectivity index (χ3n) is 3.60. The summed E-state index contributed by atoms with van der Waals surface area (Å²) in [5, 5.41) is 5.68. The number of carbonyl (C=O) groups excluding carboxylic acids is 2. The predicted octanol–water partition coefficient (Wildman–Crippen LogP) is 3.54. The maximum atomic E-state index is 12.2. The molecule has 25 heavy (non-hydrogen) atoms. The SMILES string of the molecule is CCOc1ccccc1C(=O)NCCCC(=O)Nc1cccc(C)c1. The standard InChI is InChI=1S/C20H24N2O3/c1-3-25-18-11-5-4-10-17(18)20(24)21-13-7-12-19(23)22-16-9-6-8-15(2)14-16/h4-6,8-11,14H,3,7,12-13H2,1-2H3,(H,21,24)(H,22,23). The number of hydrogen-bond acceptors (Lipinski definition) is 3. The number of amides is 2. The molecule has 0 unspecified atom stereocenters. The van der Waals surface area contributed by atoms with Crippen molar-refractivity contribution in [3.8, 4) is 5.75 Å². The Hall–Kier alpha value is -2.82. The minimum absolute atomic E-state index is 0.0606. The van der Waals surface area contributed by atoms with Crippen LogP contribution < -0.4 is 15.4 Å². The number of para-hydroxylation sites is 1. The summed E-state index contributed by atoms with van der Waals surface area (Å²) in [5.74, 6) is 0.317. The lowest BCUT2D eigenvalue weighted by Gasteiger charge is -2.10. The second-order valence-corrected chi connectivity index (χ2v) is 5.71. The number of benzene rings is 2. The van der Waals surface area contributed by atoms with E-state index < -0.39 is 0 Å². The van der Waals surface area contributed by atoms with Crippen molar-refractivity contribution >= 4 is 17.5 Å². The molecule has 0 saturated carbocycles. The van der Waals surface area contributed by atoms with E-state index >= 15 is 0 Å². The van der Waals surface area contributed by atoms with Crippen LogP contribution in [-0.4, -0.2) is 25.0 Å². The molecule has 0 aliphatic carbocycles. The van der Waals surface area contributed by atoms with Gasteiger partial charge in [0.15, 0.2) is 0 Å². The fourth-order valence-electron chi connectivity index (χ4n) is 2.43. The van der Waals surface area contributed by atoms with Gasteiger partial charge in [0, 0.05) is 18.7 Å². The van der Waals surface area contributed by atoms with E-state index in [9.17, 15) is 9.59 Å². The highest BCUT2D eigenvalue weighted by molar-refractivity contribution is 5.97. The molecule has 2 aromatic carbocycles. The van der Waals surface area contributed by atoms with Crippen molar-refractivity contribution < 1.29 is 14.3 Å². The molecule has 0 bridgehead atoms. The van der Waals surface area contributed by atoms with E-state index in [0.29, 0.717) is 37.3 Å². The summed E-state index contributed by atoms with van der Waals surface area (Å²) in [7, 11) is 0. The molecule has 5 nitrogen and oxygen atoms in total. The summed E-state index contributed by atoms with van der Waals surface area (Å²) in [6.07, 6.45) is 0.918. The van der Waals surface area contributed by atoms with Crippen molar-refractivity contribution in [1.82, 2.24) is 5.32 Å². The number of nitrogens with one attached hydrogen (secondary N) is 2. The summed E-state index contributed by atoms with van der Waals surface area (Å²) in [6, 6.07) is 14.8. The van der Waals surface area contributed by atoms with Crippen LogP contribution >= 0.6 is 0 Å². The summed E-state index contributed by atoms with van der Waals surface area (Å²) in [6.45, 7) is 4.79. The van der Waals surface area contributed by atoms with Gasteiger partial charge in [-0.1, -0.05) is 24.3 Å². The minimum Gasteiger partial charge on any atom is -0.493 e. The summed E-state index contributed by atoms with van der Waals surface area (Å²) in [4.78, 5) is 24.2. The molecule has 0 radical (unpaired) electrons. The lowest BCUT2D eigenvalue weighted by molar-refractivity contribution is -0.116. The molecule has 0 spiro atoms. The lowest BCUT2D eigenvalue weighted by Crippen LogP contribution is -2.26. The second-order valence-electron chi connectivity index (χ2n) is 5.71. The highest BCUT2D eigenvalue weighted by Crippen LogP contribution is 2.17. The molecule has 0 aromatic heterocycles. The van der Waals surface area contributed by atoms with Gasteiger partial charge in [-0.3, -0.25) is 9.59 Å². The van der Waals surface area contributed by atoms with Crippen LogP contribution in [0.2, 0.25) is 0 Å². The number of ether oxygens (including phenoxy) is 1. The van der Waals surface area contributed by atoms with Crippen molar-refractivity contribution in [3.05, 3.63) is 59.7 Å². The highest BCUT2D eigenvalue weighted by atomic mass is 16.5. The molecule has 0 aliphatic heterocycles. The summed E-state index contributed by atoms with van der Waals surface area (Å²) < 4.78 is 5.45. The first kappa shape index (κ1) is 18.5. The average Bonchev–Trinajstić information content (AvgIpc) is 2.59. The molecule has 2 rings (SSSR count). The van der Waals surface area contributed by atoms with Gasteiger partial charge in [0.25, 0.3) is 5.91 Å². The monoisotopic (exact) mass is 340 g/mol. The van der Waals surface area contributed by atoms with Crippen LogP contribution in [0.15, 0.2) is 48.5 Å². The van der Waals surface area contributed by atoms with Crippen molar-refractivity contribution in [2.24, 2.45) is 0 Å². The third-order valence-corrected chi connectivity index (χ3v) is 3.60.